The summed E-state index contributed by atoms with van der Waals surface area (Å²) in [6.07, 6.45) is 5.71. The molecule has 2 aliphatic carbocycles. The molecule has 1 aromatic heterocycles. The van der Waals surface area contributed by atoms with Crippen LogP contribution in [0.25, 0.3) is 0 Å². The summed E-state index contributed by atoms with van der Waals surface area (Å²) in [5, 5.41) is 3.16. The average molecular weight is 260 g/mol. The van der Waals surface area contributed by atoms with Gasteiger partial charge in [0.05, 0.1) is 12.3 Å². The van der Waals surface area contributed by atoms with Crippen LogP contribution in [0.4, 0.5) is 0 Å². The summed E-state index contributed by atoms with van der Waals surface area (Å²) in [7, 11) is 1.95. The minimum Gasteiger partial charge on any atom is -0.491 e. The fraction of sp³-hybridized carbons (Fsp3) is 0.688. The van der Waals surface area contributed by atoms with Crippen LogP contribution in [0.3, 0.4) is 0 Å². The van der Waals surface area contributed by atoms with Gasteiger partial charge in [-0.05, 0) is 63.1 Å². The van der Waals surface area contributed by atoms with Gasteiger partial charge in [0.15, 0.2) is 0 Å². The smallest absolute Gasteiger partial charge is 0.142 e. The molecule has 0 aliphatic heterocycles. The summed E-state index contributed by atoms with van der Waals surface area (Å²) in [5.41, 5.74) is 2.09. The highest BCUT2D eigenvalue weighted by molar-refractivity contribution is 5.29. The first-order chi connectivity index (χ1) is 9.26. The maximum atomic E-state index is 6.08. The van der Waals surface area contributed by atoms with Crippen LogP contribution in [0.2, 0.25) is 0 Å². The number of fused-ring (bicyclic) bond motifs is 2. The van der Waals surface area contributed by atoms with Gasteiger partial charge in [-0.2, -0.15) is 0 Å². The Kier molecular flexibility index (Phi) is 3.74. The van der Waals surface area contributed by atoms with E-state index in [0.717, 1.165) is 48.0 Å². The summed E-state index contributed by atoms with van der Waals surface area (Å²) in [6, 6.07) is 4.11. The second-order valence-electron chi connectivity index (χ2n) is 6.17. The maximum absolute atomic E-state index is 6.08. The van der Waals surface area contributed by atoms with Gasteiger partial charge in [-0.15, -0.1) is 0 Å². The van der Waals surface area contributed by atoms with E-state index < -0.39 is 0 Å². The SMILES string of the molecule is CNCc1nc(C)ccc1OCC1CC2CCC1C2. The van der Waals surface area contributed by atoms with Gasteiger partial charge in [-0.3, -0.25) is 4.98 Å². The number of rotatable bonds is 5. The molecule has 2 aliphatic rings. The maximum Gasteiger partial charge on any atom is 0.142 e. The second kappa shape index (κ2) is 5.49. The molecule has 0 spiro atoms. The number of pyridine rings is 1. The number of nitrogens with zero attached hydrogens (tertiary/aromatic N) is 1. The number of hydrogen-bond donors (Lipinski definition) is 1. The van der Waals surface area contributed by atoms with Gasteiger partial charge in [0.1, 0.15) is 5.75 Å². The van der Waals surface area contributed by atoms with Crippen LogP contribution in [0.15, 0.2) is 12.1 Å². The predicted octanol–water partition coefficient (Wildman–Crippen LogP) is 2.92. The molecule has 0 radical (unpaired) electrons. The minimum absolute atomic E-state index is 0.772. The van der Waals surface area contributed by atoms with Crippen molar-refractivity contribution < 1.29 is 4.74 Å². The molecule has 3 atom stereocenters. The Bertz CT molecular complexity index is 446. The van der Waals surface area contributed by atoms with Crippen molar-refractivity contribution in [2.45, 2.75) is 39.2 Å². The number of nitrogens with one attached hydrogen (secondary N) is 1. The molecule has 3 heteroatoms. The van der Waals surface area contributed by atoms with Gasteiger partial charge >= 0.3 is 0 Å². The lowest BCUT2D eigenvalue weighted by Gasteiger charge is -2.22. The average Bonchev–Trinajstić information content (AvgIpc) is 3.00. The second-order valence-corrected chi connectivity index (χ2v) is 6.17. The van der Waals surface area contributed by atoms with Crippen LogP contribution in [0.5, 0.6) is 5.75 Å². The molecular weight excluding hydrogens is 236 g/mol. The van der Waals surface area contributed by atoms with Crippen LogP contribution in [0, 0.1) is 24.7 Å². The molecule has 19 heavy (non-hydrogen) atoms. The fourth-order valence-corrected chi connectivity index (χ4v) is 3.80. The zero-order chi connectivity index (χ0) is 13.2. The van der Waals surface area contributed by atoms with Crippen LogP contribution >= 0.6 is 0 Å². The van der Waals surface area contributed by atoms with E-state index in [1.807, 2.05) is 20.0 Å². The molecule has 2 bridgehead atoms. The first-order valence-corrected chi connectivity index (χ1v) is 7.50. The molecule has 1 heterocycles. The summed E-state index contributed by atoms with van der Waals surface area (Å²) in [6.45, 7) is 3.68. The Morgan fingerprint density at radius 1 is 1.32 bits per heavy atom. The molecule has 0 amide bonds. The third-order valence-corrected chi connectivity index (χ3v) is 4.75. The molecule has 3 rings (SSSR count). The Morgan fingerprint density at radius 3 is 2.89 bits per heavy atom. The highest BCUT2D eigenvalue weighted by Crippen LogP contribution is 2.48. The monoisotopic (exact) mass is 260 g/mol. The van der Waals surface area contributed by atoms with Gasteiger partial charge in [0.2, 0.25) is 0 Å². The van der Waals surface area contributed by atoms with Crippen LogP contribution in [-0.2, 0) is 6.54 Å². The van der Waals surface area contributed by atoms with Crippen molar-refractivity contribution in [2.24, 2.45) is 17.8 Å². The number of ether oxygens (including phenoxy) is 1. The lowest BCUT2D eigenvalue weighted by molar-refractivity contribution is 0.193. The standard InChI is InChI=1S/C16H24N2O/c1-11-3-6-16(15(18-11)9-17-2)19-10-14-8-12-4-5-13(14)7-12/h3,6,12-14,17H,4-5,7-10H2,1-2H3. The Balaban J connectivity index is 1.63. The minimum atomic E-state index is 0.772. The summed E-state index contributed by atoms with van der Waals surface area (Å²) < 4.78 is 6.08. The van der Waals surface area contributed by atoms with E-state index in [4.69, 9.17) is 4.74 Å². The van der Waals surface area contributed by atoms with Crippen LogP contribution in [0.1, 0.15) is 37.1 Å². The molecule has 0 aromatic carbocycles. The van der Waals surface area contributed by atoms with E-state index >= 15 is 0 Å². The lowest BCUT2D eigenvalue weighted by atomic mass is 9.89. The summed E-state index contributed by atoms with van der Waals surface area (Å²) in [5.74, 6) is 3.66. The number of aryl methyl sites for hydroxylation is 1. The lowest BCUT2D eigenvalue weighted by Crippen LogP contribution is -2.19. The van der Waals surface area contributed by atoms with Crippen molar-refractivity contribution in [3.8, 4) is 5.75 Å². The zero-order valence-corrected chi connectivity index (χ0v) is 12.0. The van der Waals surface area contributed by atoms with E-state index in [-0.39, 0.29) is 0 Å². The van der Waals surface area contributed by atoms with Gasteiger partial charge in [-0.25, -0.2) is 0 Å². The number of aromatic nitrogens is 1. The van der Waals surface area contributed by atoms with Crippen molar-refractivity contribution in [3.63, 3.8) is 0 Å². The highest BCUT2D eigenvalue weighted by atomic mass is 16.5. The van der Waals surface area contributed by atoms with E-state index in [1.165, 1.54) is 25.7 Å². The first kappa shape index (κ1) is 12.9. The van der Waals surface area contributed by atoms with E-state index in [0.29, 0.717) is 0 Å². The highest BCUT2D eigenvalue weighted by Gasteiger charge is 2.39. The van der Waals surface area contributed by atoms with Crippen LogP contribution < -0.4 is 10.1 Å². The molecule has 1 aromatic rings. The molecule has 3 unspecified atom stereocenters. The molecule has 0 saturated heterocycles. The van der Waals surface area contributed by atoms with E-state index in [9.17, 15) is 0 Å². The molecule has 104 valence electrons. The van der Waals surface area contributed by atoms with Gasteiger partial charge in [-0.1, -0.05) is 6.42 Å². The Morgan fingerprint density at radius 2 is 2.21 bits per heavy atom. The molecule has 2 saturated carbocycles. The third-order valence-electron chi connectivity index (χ3n) is 4.75. The molecular formula is C16H24N2O. The molecule has 2 fully saturated rings. The van der Waals surface area contributed by atoms with Gasteiger partial charge in [0.25, 0.3) is 0 Å². The molecule has 3 nitrogen and oxygen atoms in total. The summed E-state index contributed by atoms with van der Waals surface area (Å²) in [4.78, 5) is 4.57. The quantitative estimate of drug-likeness (QED) is 0.884. The van der Waals surface area contributed by atoms with E-state index in [2.05, 4.69) is 16.4 Å². The van der Waals surface area contributed by atoms with Crippen molar-refractivity contribution in [1.29, 1.82) is 0 Å². The van der Waals surface area contributed by atoms with Crippen molar-refractivity contribution in [1.82, 2.24) is 10.3 Å². The normalized spacial score (nSPS) is 28.8. The predicted molar refractivity (Wildman–Crippen MR) is 76.2 cm³/mol. The van der Waals surface area contributed by atoms with Crippen molar-refractivity contribution in [2.75, 3.05) is 13.7 Å². The third kappa shape index (κ3) is 2.76. The summed E-state index contributed by atoms with van der Waals surface area (Å²) >= 11 is 0. The fourth-order valence-electron chi connectivity index (χ4n) is 3.80. The molecule has 1 N–H and O–H groups in total. The Labute approximate surface area is 115 Å². The topological polar surface area (TPSA) is 34.2 Å². The Hall–Kier alpha value is -1.09. The van der Waals surface area contributed by atoms with Gasteiger partial charge < -0.3 is 10.1 Å². The largest absolute Gasteiger partial charge is 0.491 e. The van der Waals surface area contributed by atoms with Crippen LogP contribution in [-0.4, -0.2) is 18.6 Å². The first-order valence-electron chi connectivity index (χ1n) is 7.50. The van der Waals surface area contributed by atoms with Crippen molar-refractivity contribution >= 4 is 0 Å². The zero-order valence-electron chi connectivity index (χ0n) is 12.0. The van der Waals surface area contributed by atoms with Gasteiger partial charge in [0, 0.05) is 12.2 Å². The number of hydrogen-bond acceptors (Lipinski definition) is 3. The van der Waals surface area contributed by atoms with E-state index in [1.54, 1.807) is 0 Å². The van der Waals surface area contributed by atoms with Crippen molar-refractivity contribution in [3.05, 3.63) is 23.5 Å².